The summed E-state index contributed by atoms with van der Waals surface area (Å²) < 4.78 is 2.27. The Balaban J connectivity index is 1.20. The molecule has 260 valence electrons. The van der Waals surface area contributed by atoms with E-state index in [1.807, 2.05) is 95.9 Å². The van der Waals surface area contributed by atoms with Crippen LogP contribution in [0, 0.1) is 5.41 Å². The van der Waals surface area contributed by atoms with Gasteiger partial charge in [-0.2, -0.15) is 0 Å². The molecule has 1 heterocycles. The molecule has 1 amide bonds. The molecule has 0 saturated carbocycles. The lowest BCUT2D eigenvalue weighted by atomic mass is 10.1. The van der Waals surface area contributed by atoms with E-state index in [9.17, 15) is 4.79 Å². The number of aryl methyl sites for hydroxylation is 4. The highest BCUT2D eigenvalue weighted by Crippen LogP contribution is 2.24. The van der Waals surface area contributed by atoms with Crippen LogP contribution < -0.4 is 11.5 Å². The smallest absolute Gasteiger partial charge is 0.254 e. The zero-order valence-electron chi connectivity index (χ0n) is 28.9. The molecule has 0 fully saturated rings. The molecule has 0 radical (unpaired) electrons. The molecule has 0 unspecified atom stereocenters. The number of benzene rings is 6. The minimum absolute atomic E-state index is 0.0548. The van der Waals surface area contributed by atoms with E-state index in [1.165, 1.54) is 10.9 Å². The van der Waals surface area contributed by atoms with E-state index in [-0.39, 0.29) is 11.7 Å². The van der Waals surface area contributed by atoms with Gasteiger partial charge in [0.2, 0.25) is 0 Å². The zero-order chi connectivity index (χ0) is 36.0. The number of nitrogens with two attached hydrogens (primary N) is 2. The molecule has 7 aromatic rings. The van der Waals surface area contributed by atoms with E-state index in [2.05, 4.69) is 47.0 Å². The number of nitrogens with one attached hydrogen (secondary N) is 1. The van der Waals surface area contributed by atoms with Crippen molar-refractivity contribution in [1.82, 2.24) is 14.5 Å². The molecule has 1 aromatic heterocycles. The molecule has 7 rings (SSSR count). The molecule has 5 N–H and O–H groups in total. The Bertz CT molecular complexity index is 2350. The maximum absolute atomic E-state index is 14.4. The molecular formula is C44H41ClN6O. The third-order valence-electron chi connectivity index (χ3n) is 9.62. The second-order valence-electron chi connectivity index (χ2n) is 13.2. The number of nitrogen functional groups attached to an aromatic ring is 1. The number of nitrogens with zero attached hydrogens (tertiary/aromatic N) is 3. The predicted octanol–water partition coefficient (Wildman–Crippen LogP) is 8.46. The minimum atomic E-state index is -0.0548. The number of hydrogen-bond donors (Lipinski definition) is 3. The molecule has 0 aliphatic rings. The van der Waals surface area contributed by atoms with Crippen molar-refractivity contribution in [2.24, 2.45) is 11.5 Å². The van der Waals surface area contributed by atoms with Crippen molar-refractivity contribution < 1.29 is 4.79 Å². The third kappa shape index (κ3) is 8.07. The Morgan fingerprint density at radius 1 is 0.673 bits per heavy atom. The number of carbonyl (C=O) groups excluding carboxylic acids is 1. The second kappa shape index (κ2) is 15.6. The number of hydrogen-bond acceptors (Lipinski definition) is 4. The van der Waals surface area contributed by atoms with Gasteiger partial charge in [0, 0.05) is 48.7 Å². The highest BCUT2D eigenvalue weighted by Gasteiger charge is 2.20. The number of amides is 1. The number of aromatic nitrogens is 2. The molecule has 0 aliphatic heterocycles. The third-order valence-corrected chi connectivity index (χ3v) is 9.87. The Morgan fingerprint density at radius 3 is 2.02 bits per heavy atom. The van der Waals surface area contributed by atoms with Crippen LogP contribution in [0.15, 0.2) is 133 Å². The predicted molar refractivity (Wildman–Crippen MR) is 212 cm³/mol. The van der Waals surface area contributed by atoms with Gasteiger partial charge in [-0.05, 0) is 87.8 Å². The number of fused-ring (bicyclic) bond motifs is 2. The average Bonchev–Trinajstić information content (AvgIpc) is 3.53. The molecule has 0 saturated heterocycles. The standard InChI is InChI=1S/C44H41ClN6O/c45-39-19-12-31(13-20-39)23-24-51-41-21-18-38(26-40(41)49-42(51)22-14-30-9-16-36(17-10-30)43(47)48)44(52)50(28-33-7-5-32(27-46)6-8-33)29-34-11-15-35-3-1-2-4-37(35)25-34/h1-13,15-21,25-26H,14,22-24,27-29,46H2,(H3,47,48). The van der Waals surface area contributed by atoms with Crippen LogP contribution in [0.3, 0.4) is 0 Å². The quantitative estimate of drug-likeness (QED) is 0.0826. The summed E-state index contributed by atoms with van der Waals surface area (Å²) in [6.45, 7) is 2.12. The summed E-state index contributed by atoms with van der Waals surface area (Å²) in [6, 6.07) is 44.5. The van der Waals surface area contributed by atoms with Crippen LogP contribution in [0.1, 0.15) is 49.6 Å². The summed E-state index contributed by atoms with van der Waals surface area (Å²) in [7, 11) is 0. The van der Waals surface area contributed by atoms with E-state index in [4.69, 9.17) is 33.5 Å². The summed E-state index contributed by atoms with van der Waals surface area (Å²) in [4.78, 5) is 21.5. The highest BCUT2D eigenvalue weighted by atomic mass is 35.5. The van der Waals surface area contributed by atoms with Crippen molar-refractivity contribution in [3.63, 3.8) is 0 Å². The summed E-state index contributed by atoms with van der Waals surface area (Å²) >= 11 is 6.16. The van der Waals surface area contributed by atoms with E-state index >= 15 is 0 Å². The highest BCUT2D eigenvalue weighted by molar-refractivity contribution is 6.30. The SMILES string of the molecule is N=C(N)c1ccc(CCc2nc3cc(C(=O)N(Cc4ccc(CN)cc4)Cc4ccc5ccccc5c4)ccc3n2CCc2ccc(Cl)cc2)cc1. The molecule has 7 nitrogen and oxygen atoms in total. The molecule has 52 heavy (non-hydrogen) atoms. The summed E-state index contributed by atoms with van der Waals surface area (Å²) in [6.07, 6.45) is 2.30. The van der Waals surface area contributed by atoms with Crippen LogP contribution in [0.5, 0.6) is 0 Å². The topological polar surface area (TPSA) is 114 Å². The molecular weight excluding hydrogens is 664 g/mol. The number of imidazole rings is 1. The van der Waals surface area contributed by atoms with Gasteiger partial charge in [-0.25, -0.2) is 4.98 Å². The Hall–Kier alpha value is -5.76. The molecule has 0 bridgehead atoms. The van der Waals surface area contributed by atoms with Gasteiger partial charge >= 0.3 is 0 Å². The normalized spacial score (nSPS) is 11.3. The number of rotatable bonds is 13. The van der Waals surface area contributed by atoms with Crippen molar-refractivity contribution in [1.29, 1.82) is 5.41 Å². The summed E-state index contributed by atoms with van der Waals surface area (Å²) in [5, 5.41) is 10.7. The summed E-state index contributed by atoms with van der Waals surface area (Å²) in [5.74, 6) is 0.958. The zero-order valence-corrected chi connectivity index (χ0v) is 29.7. The maximum Gasteiger partial charge on any atom is 0.254 e. The first-order chi connectivity index (χ1) is 25.3. The molecule has 0 atom stereocenters. The van der Waals surface area contributed by atoms with Crippen molar-refractivity contribution in [3.05, 3.63) is 183 Å². The van der Waals surface area contributed by atoms with Crippen LogP contribution in [0.25, 0.3) is 21.8 Å². The Labute approximate surface area is 309 Å². The first kappa shape index (κ1) is 34.7. The van der Waals surface area contributed by atoms with Crippen molar-refractivity contribution >= 4 is 45.1 Å². The van der Waals surface area contributed by atoms with Gasteiger partial charge in [0.05, 0.1) is 11.0 Å². The number of halogens is 1. The van der Waals surface area contributed by atoms with E-state index in [0.717, 1.165) is 63.9 Å². The fourth-order valence-corrected chi connectivity index (χ4v) is 6.82. The van der Waals surface area contributed by atoms with Crippen LogP contribution in [-0.2, 0) is 45.4 Å². The fraction of sp³-hybridized carbons (Fsp3) is 0.159. The summed E-state index contributed by atoms with van der Waals surface area (Å²) in [5.41, 5.74) is 20.1. The first-order valence-corrected chi connectivity index (χ1v) is 17.9. The molecule has 0 spiro atoms. The van der Waals surface area contributed by atoms with Crippen molar-refractivity contribution in [3.8, 4) is 0 Å². The Morgan fingerprint density at radius 2 is 1.29 bits per heavy atom. The van der Waals surface area contributed by atoms with Crippen molar-refractivity contribution in [2.75, 3.05) is 0 Å². The van der Waals surface area contributed by atoms with Gasteiger partial charge in [0.1, 0.15) is 11.7 Å². The van der Waals surface area contributed by atoms with Gasteiger partial charge < -0.3 is 20.9 Å². The van der Waals surface area contributed by atoms with Gasteiger partial charge in [-0.3, -0.25) is 10.2 Å². The van der Waals surface area contributed by atoms with E-state index in [1.54, 1.807) is 0 Å². The number of amidine groups is 1. The van der Waals surface area contributed by atoms with Crippen LogP contribution in [0.2, 0.25) is 5.02 Å². The second-order valence-corrected chi connectivity index (χ2v) is 13.7. The maximum atomic E-state index is 14.4. The van der Waals surface area contributed by atoms with Crippen LogP contribution >= 0.6 is 11.6 Å². The van der Waals surface area contributed by atoms with Crippen LogP contribution in [-0.4, -0.2) is 26.2 Å². The Kier molecular flexibility index (Phi) is 10.4. The monoisotopic (exact) mass is 704 g/mol. The minimum Gasteiger partial charge on any atom is -0.384 e. The lowest BCUT2D eigenvalue weighted by Crippen LogP contribution is -2.30. The molecule has 8 heteroatoms. The average molecular weight is 705 g/mol. The number of carbonyl (C=O) groups is 1. The van der Waals surface area contributed by atoms with Crippen molar-refractivity contribution in [2.45, 2.75) is 45.4 Å². The first-order valence-electron chi connectivity index (χ1n) is 17.5. The van der Waals surface area contributed by atoms with Gasteiger partial charge in [0.25, 0.3) is 5.91 Å². The fourth-order valence-electron chi connectivity index (χ4n) is 6.69. The largest absolute Gasteiger partial charge is 0.384 e. The van der Waals surface area contributed by atoms with Crippen LogP contribution in [0.4, 0.5) is 0 Å². The van der Waals surface area contributed by atoms with Gasteiger partial charge in [0.15, 0.2) is 0 Å². The van der Waals surface area contributed by atoms with E-state index in [0.29, 0.717) is 42.2 Å². The lowest BCUT2D eigenvalue weighted by molar-refractivity contribution is 0.0730. The van der Waals surface area contributed by atoms with E-state index < -0.39 is 0 Å². The lowest BCUT2D eigenvalue weighted by Gasteiger charge is -2.24. The van der Waals surface area contributed by atoms with Gasteiger partial charge in [-0.15, -0.1) is 0 Å². The molecule has 0 aliphatic carbocycles. The van der Waals surface area contributed by atoms with Gasteiger partial charge in [-0.1, -0.05) is 109 Å². The molecule has 6 aromatic carbocycles.